The van der Waals surface area contributed by atoms with Crippen molar-refractivity contribution in [3.8, 4) is 0 Å². The van der Waals surface area contributed by atoms with Crippen LogP contribution in [0, 0.1) is 0 Å². The quantitative estimate of drug-likeness (QED) is 0.668. The van der Waals surface area contributed by atoms with E-state index in [9.17, 15) is 9.59 Å². The molecule has 3 amide bonds. The number of hydrogen-bond donors (Lipinski definition) is 2. The van der Waals surface area contributed by atoms with E-state index < -0.39 is 0 Å². The third-order valence-electron chi connectivity index (χ3n) is 2.30. The van der Waals surface area contributed by atoms with Gasteiger partial charge in [0, 0.05) is 33.1 Å². The zero-order valence-electron chi connectivity index (χ0n) is 8.51. The molecule has 1 fully saturated rings. The number of likely N-dealkylation sites (tertiary alicyclic amines) is 1. The van der Waals surface area contributed by atoms with Crippen molar-refractivity contribution in [3.05, 3.63) is 0 Å². The normalized spacial score (nSPS) is 15.4. The summed E-state index contributed by atoms with van der Waals surface area (Å²) in [6.45, 7) is 2.09. The smallest absolute Gasteiger partial charge is 0.317 e. The molecule has 1 aliphatic rings. The molecule has 0 aromatic carbocycles. The highest BCUT2D eigenvalue weighted by atomic mass is 16.2. The molecule has 1 rings (SSSR count). The van der Waals surface area contributed by atoms with Crippen molar-refractivity contribution >= 4 is 11.9 Å². The van der Waals surface area contributed by atoms with Gasteiger partial charge in [-0.05, 0) is 12.8 Å². The fraction of sp³-hybridized carbons (Fsp3) is 0.778. The molecule has 0 spiro atoms. The maximum Gasteiger partial charge on any atom is 0.317 e. The second-order valence-electron chi connectivity index (χ2n) is 3.35. The minimum atomic E-state index is -0.0496. The van der Waals surface area contributed by atoms with Gasteiger partial charge in [-0.25, -0.2) is 4.79 Å². The largest absolute Gasteiger partial charge is 0.359 e. The van der Waals surface area contributed by atoms with Crippen LogP contribution in [0.2, 0.25) is 0 Å². The van der Waals surface area contributed by atoms with Gasteiger partial charge in [-0.15, -0.1) is 0 Å². The third kappa shape index (κ3) is 3.24. The zero-order valence-corrected chi connectivity index (χ0v) is 8.51. The predicted octanol–water partition coefficient (Wildman–Crippen LogP) is -0.0721. The summed E-state index contributed by atoms with van der Waals surface area (Å²) < 4.78 is 0. The molecule has 80 valence electrons. The number of carbonyl (C=O) groups excluding carboxylic acids is 2. The Bertz CT molecular complexity index is 212. The molecule has 0 radical (unpaired) electrons. The molecule has 0 unspecified atom stereocenters. The number of carbonyl (C=O) groups is 2. The lowest BCUT2D eigenvalue weighted by atomic mass is 10.4. The first-order valence-corrected chi connectivity index (χ1v) is 4.97. The van der Waals surface area contributed by atoms with Gasteiger partial charge in [0.2, 0.25) is 5.91 Å². The van der Waals surface area contributed by atoms with E-state index in [0.29, 0.717) is 13.0 Å². The minimum absolute atomic E-state index is 0.0493. The highest BCUT2D eigenvalue weighted by Crippen LogP contribution is 2.06. The van der Waals surface area contributed by atoms with Gasteiger partial charge >= 0.3 is 6.03 Å². The van der Waals surface area contributed by atoms with E-state index in [-0.39, 0.29) is 11.9 Å². The standard InChI is InChI=1S/C9H17N3O2/c1-10-8(13)4-5-11-9(14)12-6-2-3-7-12/h2-7H2,1H3,(H,10,13)(H,11,14). The molecule has 0 aromatic heterocycles. The van der Waals surface area contributed by atoms with Crippen LogP contribution in [-0.2, 0) is 4.79 Å². The molecular formula is C9H17N3O2. The third-order valence-corrected chi connectivity index (χ3v) is 2.30. The van der Waals surface area contributed by atoms with E-state index in [4.69, 9.17) is 0 Å². The van der Waals surface area contributed by atoms with Crippen molar-refractivity contribution in [1.82, 2.24) is 15.5 Å². The summed E-state index contributed by atoms with van der Waals surface area (Å²) in [5.74, 6) is -0.0493. The lowest BCUT2D eigenvalue weighted by Gasteiger charge is -2.15. The van der Waals surface area contributed by atoms with Crippen LogP contribution in [0.1, 0.15) is 19.3 Å². The number of amides is 3. The molecule has 5 nitrogen and oxygen atoms in total. The van der Waals surface area contributed by atoms with E-state index >= 15 is 0 Å². The maximum atomic E-state index is 11.4. The van der Waals surface area contributed by atoms with Gasteiger partial charge in [0.1, 0.15) is 0 Å². The molecule has 1 heterocycles. The molecule has 0 aromatic rings. The number of nitrogens with one attached hydrogen (secondary N) is 2. The summed E-state index contributed by atoms with van der Waals surface area (Å²) in [5, 5.41) is 5.22. The van der Waals surface area contributed by atoms with Gasteiger partial charge in [0.05, 0.1) is 0 Å². The highest BCUT2D eigenvalue weighted by Gasteiger charge is 2.16. The SMILES string of the molecule is CNC(=O)CCNC(=O)N1CCCC1. The van der Waals surface area contributed by atoms with Crippen molar-refractivity contribution < 1.29 is 9.59 Å². The summed E-state index contributed by atoms with van der Waals surface area (Å²) in [5.41, 5.74) is 0. The van der Waals surface area contributed by atoms with Gasteiger partial charge in [-0.1, -0.05) is 0 Å². The van der Waals surface area contributed by atoms with Gasteiger partial charge in [0.25, 0.3) is 0 Å². The number of rotatable bonds is 3. The van der Waals surface area contributed by atoms with E-state index in [1.807, 2.05) is 0 Å². The first kappa shape index (κ1) is 10.8. The first-order chi connectivity index (χ1) is 6.74. The lowest BCUT2D eigenvalue weighted by molar-refractivity contribution is -0.120. The Hall–Kier alpha value is -1.26. The molecule has 5 heteroatoms. The predicted molar refractivity (Wildman–Crippen MR) is 52.9 cm³/mol. The Balaban J connectivity index is 2.11. The first-order valence-electron chi connectivity index (χ1n) is 4.97. The molecule has 2 N–H and O–H groups in total. The van der Waals surface area contributed by atoms with E-state index in [0.717, 1.165) is 25.9 Å². The van der Waals surface area contributed by atoms with E-state index in [1.165, 1.54) is 0 Å². The van der Waals surface area contributed by atoms with Crippen molar-refractivity contribution in [2.45, 2.75) is 19.3 Å². The van der Waals surface area contributed by atoms with Crippen LogP contribution in [0.25, 0.3) is 0 Å². The average molecular weight is 199 g/mol. The minimum Gasteiger partial charge on any atom is -0.359 e. The summed E-state index contributed by atoms with van der Waals surface area (Å²) in [6.07, 6.45) is 2.52. The van der Waals surface area contributed by atoms with Crippen molar-refractivity contribution in [3.63, 3.8) is 0 Å². The fourth-order valence-corrected chi connectivity index (χ4v) is 1.44. The van der Waals surface area contributed by atoms with Gasteiger partial charge in [-0.3, -0.25) is 4.79 Å². The molecule has 0 saturated carbocycles. The summed E-state index contributed by atoms with van der Waals surface area (Å²) in [4.78, 5) is 24.0. The van der Waals surface area contributed by atoms with Crippen LogP contribution >= 0.6 is 0 Å². The molecule has 1 saturated heterocycles. The number of nitrogens with zero attached hydrogens (tertiary/aromatic N) is 1. The number of hydrogen-bond acceptors (Lipinski definition) is 2. The van der Waals surface area contributed by atoms with E-state index in [1.54, 1.807) is 11.9 Å². The van der Waals surface area contributed by atoms with Crippen molar-refractivity contribution in [2.75, 3.05) is 26.7 Å². The molecule has 1 aliphatic heterocycles. The van der Waals surface area contributed by atoms with Gasteiger partial charge in [-0.2, -0.15) is 0 Å². The summed E-state index contributed by atoms with van der Waals surface area (Å²) in [7, 11) is 1.59. The Labute approximate surface area is 83.8 Å². The zero-order chi connectivity index (χ0) is 10.4. The van der Waals surface area contributed by atoms with Crippen LogP contribution in [0.5, 0.6) is 0 Å². The lowest BCUT2D eigenvalue weighted by Crippen LogP contribution is -2.39. The molecule has 0 bridgehead atoms. The molecular weight excluding hydrogens is 182 g/mol. The van der Waals surface area contributed by atoms with Crippen LogP contribution in [0.3, 0.4) is 0 Å². The maximum absolute atomic E-state index is 11.4. The Morgan fingerprint density at radius 3 is 2.50 bits per heavy atom. The Morgan fingerprint density at radius 1 is 1.29 bits per heavy atom. The average Bonchev–Trinajstić information content (AvgIpc) is 2.70. The topological polar surface area (TPSA) is 61.4 Å². The monoisotopic (exact) mass is 199 g/mol. The number of urea groups is 1. The van der Waals surface area contributed by atoms with E-state index in [2.05, 4.69) is 10.6 Å². The van der Waals surface area contributed by atoms with Gasteiger partial charge < -0.3 is 15.5 Å². The van der Waals surface area contributed by atoms with Crippen LogP contribution in [0.4, 0.5) is 4.79 Å². The highest BCUT2D eigenvalue weighted by molar-refractivity contribution is 5.78. The van der Waals surface area contributed by atoms with Crippen LogP contribution in [-0.4, -0.2) is 43.5 Å². The van der Waals surface area contributed by atoms with Crippen molar-refractivity contribution in [1.29, 1.82) is 0 Å². The van der Waals surface area contributed by atoms with Crippen molar-refractivity contribution in [2.24, 2.45) is 0 Å². The second-order valence-corrected chi connectivity index (χ2v) is 3.35. The molecule has 0 atom stereocenters. The van der Waals surface area contributed by atoms with Crippen LogP contribution in [0.15, 0.2) is 0 Å². The molecule has 0 aliphatic carbocycles. The summed E-state index contributed by atoms with van der Waals surface area (Å²) in [6, 6.07) is -0.0496. The van der Waals surface area contributed by atoms with Gasteiger partial charge in [0.15, 0.2) is 0 Å². The van der Waals surface area contributed by atoms with Crippen LogP contribution < -0.4 is 10.6 Å². The molecule has 14 heavy (non-hydrogen) atoms. The fourth-order valence-electron chi connectivity index (χ4n) is 1.44. The Morgan fingerprint density at radius 2 is 1.93 bits per heavy atom. The second kappa shape index (κ2) is 5.47. The summed E-state index contributed by atoms with van der Waals surface area (Å²) >= 11 is 0. The Kier molecular flexibility index (Phi) is 4.22.